The Bertz CT molecular complexity index is 811. The zero-order chi connectivity index (χ0) is 20.1. The van der Waals surface area contributed by atoms with Gasteiger partial charge in [-0.05, 0) is 17.7 Å². The molecule has 2 fully saturated rings. The number of nitrogens with zero attached hydrogens (tertiary/aromatic N) is 5. The van der Waals surface area contributed by atoms with Crippen molar-refractivity contribution in [2.45, 2.75) is 6.54 Å². The number of amides is 2. The van der Waals surface area contributed by atoms with Crippen molar-refractivity contribution in [1.82, 2.24) is 19.7 Å². The number of hydrogen-bond acceptors (Lipinski definition) is 5. The van der Waals surface area contributed by atoms with Crippen LogP contribution in [0.5, 0.6) is 0 Å². The number of benzene rings is 1. The van der Waals surface area contributed by atoms with E-state index in [0.29, 0.717) is 18.7 Å². The van der Waals surface area contributed by atoms with Gasteiger partial charge in [-0.3, -0.25) is 14.5 Å². The second-order valence-corrected chi connectivity index (χ2v) is 7.59. The lowest BCUT2D eigenvalue weighted by atomic mass is 10.2. The third-order valence-electron chi connectivity index (χ3n) is 5.69. The van der Waals surface area contributed by atoms with Gasteiger partial charge in [0.25, 0.3) is 5.91 Å². The highest BCUT2D eigenvalue weighted by atomic mass is 16.2. The van der Waals surface area contributed by atoms with Gasteiger partial charge < -0.3 is 14.7 Å². The predicted octanol–water partition coefficient (Wildman–Crippen LogP) is 1.32. The molecule has 0 saturated carbocycles. The first-order chi connectivity index (χ1) is 14.2. The first kappa shape index (κ1) is 19.4. The molecule has 152 valence electrons. The maximum Gasteiger partial charge on any atom is 0.255 e. The number of pyridine rings is 1. The molecule has 0 atom stereocenters. The van der Waals surface area contributed by atoms with Crippen molar-refractivity contribution in [1.29, 1.82) is 0 Å². The van der Waals surface area contributed by atoms with Gasteiger partial charge in [-0.2, -0.15) is 0 Å². The Balaban J connectivity index is 1.29. The average Bonchev–Trinajstić information content (AvgIpc) is 2.80. The summed E-state index contributed by atoms with van der Waals surface area (Å²) in [6.45, 7) is 7.11. The smallest absolute Gasteiger partial charge is 0.255 e. The lowest BCUT2D eigenvalue weighted by Crippen LogP contribution is -2.48. The second-order valence-electron chi connectivity index (χ2n) is 7.59. The summed E-state index contributed by atoms with van der Waals surface area (Å²) in [5, 5.41) is 0. The van der Waals surface area contributed by atoms with Crippen LogP contribution in [0.3, 0.4) is 0 Å². The molecule has 2 amide bonds. The summed E-state index contributed by atoms with van der Waals surface area (Å²) < 4.78 is 0. The zero-order valence-electron chi connectivity index (χ0n) is 16.6. The number of hydrogen-bond donors (Lipinski definition) is 0. The molecule has 0 radical (unpaired) electrons. The molecule has 2 aliphatic heterocycles. The van der Waals surface area contributed by atoms with Crippen LogP contribution in [-0.4, -0.2) is 84.4 Å². The van der Waals surface area contributed by atoms with E-state index in [1.807, 2.05) is 23.1 Å². The maximum atomic E-state index is 12.8. The first-order valence-corrected chi connectivity index (χ1v) is 10.2. The molecule has 2 aromatic rings. The van der Waals surface area contributed by atoms with Crippen molar-refractivity contribution in [3.8, 4) is 0 Å². The van der Waals surface area contributed by atoms with Gasteiger partial charge in [-0.15, -0.1) is 0 Å². The number of carbonyl (C=O) groups excluding carboxylic acids is 2. The molecule has 1 aromatic carbocycles. The van der Waals surface area contributed by atoms with Crippen LogP contribution in [0.15, 0.2) is 48.7 Å². The van der Waals surface area contributed by atoms with Gasteiger partial charge in [-0.25, -0.2) is 4.98 Å². The van der Waals surface area contributed by atoms with Crippen LogP contribution in [0.25, 0.3) is 0 Å². The van der Waals surface area contributed by atoms with E-state index in [2.05, 4.69) is 39.0 Å². The Hall–Kier alpha value is -2.93. The molecule has 3 heterocycles. The first-order valence-electron chi connectivity index (χ1n) is 10.2. The van der Waals surface area contributed by atoms with Crippen LogP contribution in [-0.2, 0) is 11.3 Å². The normalized spacial score (nSPS) is 18.0. The van der Waals surface area contributed by atoms with Crippen LogP contribution in [0.2, 0.25) is 0 Å². The van der Waals surface area contributed by atoms with E-state index in [-0.39, 0.29) is 5.91 Å². The number of piperazine rings is 2. The molecule has 0 aliphatic carbocycles. The number of aromatic nitrogens is 1. The van der Waals surface area contributed by atoms with E-state index >= 15 is 0 Å². The molecule has 2 saturated heterocycles. The summed E-state index contributed by atoms with van der Waals surface area (Å²) in [6, 6.07) is 14.2. The van der Waals surface area contributed by atoms with Crippen molar-refractivity contribution in [2.75, 3.05) is 57.3 Å². The molecule has 0 unspecified atom stereocenters. The maximum absolute atomic E-state index is 12.8. The molecule has 4 rings (SSSR count). The van der Waals surface area contributed by atoms with Crippen molar-refractivity contribution in [2.24, 2.45) is 0 Å². The molecule has 7 heteroatoms. The number of anilines is 1. The lowest BCUT2D eigenvalue weighted by Gasteiger charge is -2.35. The highest BCUT2D eigenvalue weighted by Gasteiger charge is 2.23. The molecular weight excluding hydrogens is 366 g/mol. The summed E-state index contributed by atoms with van der Waals surface area (Å²) >= 11 is 0. The molecule has 0 N–H and O–H groups in total. The minimum Gasteiger partial charge on any atom is -0.353 e. The summed E-state index contributed by atoms with van der Waals surface area (Å²) in [6.07, 6.45) is 2.58. The minimum atomic E-state index is 0.0502. The van der Waals surface area contributed by atoms with E-state index in [0.717, 1.165) is 58.0 Å². The highest BCUT2D eigenvalue weighted by molar-refractivity contribution is 5.94. The Morgan fingerprint density at radius 3 is 2.24 bits per heavy atom. The molecule has 7 nitrogen and oxygen atoms in total. The van der Waals surface area contributed by atoms with Crippen molar-refractivity contribution in [3.63, 3.8) is 0 Å². The fourth-order valence-electron chi connectivity index (χ4n) is 3.89. The fraction of sp³-hybridized carbons (Fsp3) is 0.409. The highest BCUT2D eigenvalue weighted by Crippen LogP contribution is 2.16. The van der Waals surface area contributed by atoms with Gasteiger partial charge in [-0.1, -0.05) is 30.3 Å². The summed E-state index contributed by atoms with van der Waals surface area (Å²) in [4.78, 5) is 36.4. The van der Waals surface area contributed by atoms with Gasteiger partial charge in [0.2, 0.25) is 6.41 Å². The van der Waals surface area contributed by atoms with E-state index in [1.54, 1.807) is 11.1 Å². The SMILES string of the molecule is O=CN1CCN(c2ccc(C(=O)N3CCN(Cc4ccccc4)CC3)cn2)CC1. The number of carbonyl (C=O) groups is 2. The van der Waals surface area contributed by atoms with Crippen LogP contribution in [0.1, 0.15) is 15.9 Å². The third-order valence-corrected chi connectivity index (χ3v) is 5.69. The molecule has 0 bridgehead atoms. The van der Waals surface area contributed by atoms with Crippen molar-refractivity contribution >= 4 is 18.1 Å². The average molecular weight is 393 g/mol. The Morgan fingerprint density at radius 1 is 0.897 bits per heavy atom. The molecular formula is C22H27N5O2. The van der Waals surface area contributed by atoms with Crippen LogP contribution in [0.4, 0.5) is 5.82 Å². The van der Waals surface area contributed by atoms with Crippen LogP contribution < -0.4 is 4.90 Å². The van der Waals surface area contributed by atoms with E-state index in [4.69, 9.17) is 0 Å². The van der Waals surface area contributed by atoms with Gasteiger partial charge in [0, 0.05) is 65.1 Å². The standard InChI is InChI=1S/C22H27N5O2/c28-18-25-10-12-26(13-11-25)21-7-6-20(16-23-21)22(29)27-14-8-24(9-15-27)17-19-4-2-1-3-5-19/h1-7,16,18H,8-15,17H2. The van der Waals surface area contributed by atoms with Crippen molar-refractivity contribution < 1.29 is 9.59 Å². The Kier molecular flexibility index (Phi) is 6.05. The molecule has 29 heavy (non-hydrogen) atoms. The number of rotatable bonds is 5. The lowest BCUT2D eigenvalue weighted by molar-refractivity contribution is -0.118. The monoisotopic (exact) mass is 393 g/mol. The predicted molar refractivity (Wildman–Crippen MR) is 112 cm³/mol. The summed E-state index contributed by atoms with van der Waals surface area (Å²) in [7, 11) is 0. The van der Waals surface area contributed by atoms with E-state index < -0.39 is 0 Å². The van der Waals surface area contributed by atoms with Crippen molar-refractivity contribution in [3.05, 3.63) is 59.8 Å². The fourth-order valence-corrected chi connectivity index (χ4v) is 3.89. The molecule has 0 spiro atoms. The van der Waals surface area contributed by atoms with Crippen LogP contribution in [0, 0.1) is 0 Å². The minimum absolute atomic E-state index is 0.0502. The second kappa shape index (κ2) is 9.05. The summed E-state index contributed by atoms with van der Waals surface area (Å²) in [5.74, 6) is 0.911. The van der Waals surface area contributed by atoms with Gasteiger partial charge in [0.05, 0.1) is 5.56 Å². The topological polar surface area (TPSA) is 60.0 Å². The quantitative estimate of drug-likeness (QED) is 0.717. The van der Waals surface area contributed by atoms with Gasteiger partial charge in [0.15, 0.2) is 0 Å². The summed E-state index contributed by atoms with van der Waals surface area (Å²) in [5.41, 5.74) is 1.94. The van der Waals surface area contributed by atoms with Crippen LogP contribution >= 0.6 is 0 Å². The largest absolute Gasteiger partial charge is 0.353 e. The molecule has 1 aromatic heterocycles. The Labute approximate surface area is 171 Å². The van der Waals surface area contributed by atoms with Gasteiger partial charge >= 0.3 is 0 Å². The third kappa shape index (κ3) is 4.74. The Morgan fingerprint density at radius 2 is 1.62 bits per heavy atom. The van der Waals surface area contributed by atoms with E-state index in [9.17, 15) is 9.59 Å². The zero-order valence-corrected chi connectivity index (χ0v) is 16.6. The van der Waals surface area contributed by atoms with Gasteiger partial charge in [0.1, 0.15) is 5.82 Å². The molecule has 2 aliphatic rings. The van der Waals surface area contributed by atoms with E-state index in [1.165, 1.54) is 5.56 Å².